The van der Waals surface area contributed by atoms with Gasteiger partial charge in [0.25, 0.3) is 0 Å². The molecular formula is C37H49N11O3S2. The van der Waals surface area contributed by atoms with Crippen molar-refractivity contribution in [1.29, 1.82) is 0 Å². The van der Waals surface area contributed by atoms with Crippen molar-refractivity contribution in [2.24, 2.45) is 0 Å². The minimum atomic E-state index is -0.701. The zero-order chi connectivity index (χ0) is 39.0. The molecule has 282 valence electrons. The number of aliphatic hydroxyl groups is 1. The number of hydrogen-bond donors (Lipinski definition) is 5. The molecule has 0 aromatic carbocycles. The molecule has 5 aromatic heterocycles. The van der Waals surface area contributed by atoms with Crippen LogP contribution in [0.3, 0.4) is 0 Å². The Kier molecular flexibility index (Phi) is 13.3. The van der Waals surface area contributed by atoms with E-state index in [4.69, 9.17) is 0 Å². The number of aliphatic hydroxyl groups excluding tert-OH is 1. The molecule has 4 amide bonds. The maximum atomic E-state index is 12.1. The maximum Gasteiger partial charge on any atom is 0.321 e. The predicted octanol–water partition coefficient (Wildman–Crippen LogP) is 7.06. The van der Waals surface area contributed by atoms with Crippen LogP contribution in [0, 0.1) is 13.8 Å². The van der Waals surface area contributed by atoms with E-state index in [1.807, 2.05) is 44.2 Å². The Labute approximate surface area is 318 Å². The van der Waals surface area contributed by atoms with E-state index in [-0.39, 0.29) is 23.5 Å². The van der Waals surface area contributed by atoms with Gasteiger partial charge >= 0.3 is 12.1 Å². The van der Waals surface area contributed by atoms with Gasteiger partial charge in [-0.15, -0.1) is 0 Å². The molecule has 0 fully saturated rings. The van der Waals surface area contributed by atoms with E-state index in [0.717, 1.165) is 49.9 Å². The Morgan fingerprint density at radius 2 is 1.19 bits per heavy atom. The molecule has 0 radical (unpaired) electrons. The standard InChI is InChI=1S/C20H24N6OS.C17H25N5O2S/c1-13-16(15-9-12-22-17(25-15)20(2,3)4)28-19(24-13)26-18(27)23-11-8-14-7-5-6-10-21-14;1-10-12(11-7-8-18-13(20-11)16(2,3)4)25-15(19-10)21-14(24)22-17(5,6)9-23/h5-7,9-10,12H,8,11H2,1-4H3,(H2,23,24,26,27);7-8,23H,9H2,1-6H3,(H2,19,21,22,24). The summed E-state index contributed by atoms with van der Waals surface area (Å²) >= 11 is 2.76. The van der Waals surface area contributed by atoms with Crippen LogP contribution in [0.5, 0.6) is 0 Å². The maximum absolute atomic E-state index is 12.1. The number of thiazole rings is 2. The van der Waals surface area contributed by atoms with Crippen molar-refractivity contribution in [3.63, 3.8) is 0 Å². The van der Waals surface area contributed by atoms with Gasteiger partial charge in [0.15, 0.2) is 10.3 Å². The molecule has 0 aliphatic carbocycles. The number of nitrogens with one attached hydrogen (secondary N) is 4. The first-order valence-electron chi connectivity index (χ1n) is 17.1. The molecule has 0 saturated carbocycles. The van der Waals surface area contributed by atoms with Crippen LogP contribution >= 0.6 is 22.7 Å². The van der Waals surface area contributed by atoms with E-state index in [9.17, 15) is 14.7 Å². The lowest BCUT2D eigenvalue weighted by atomic mass is 9.95. The molecular weight excluding hydrogens is 711 g/mol. The number of rotatable bonds is 9. The minimum absolute atomic E-state index is 0.136. The second-order valence-electron chi connectivity index (χ2n) is 15.0. The smallest absolute Gasteiger partial charge is 0.321 e. The molecule has 53 heavy (non-hydrogen) atoms. The number of pyridine rings is 1. The molecule has 5 N–H and O–H groups in total. The number of amides is 4. The highest BCUT2D eigenvalue weighted by Gasteiger charge is 2.23. The molecule has 0 bridgehead atoms. The SMILES string of the molecule is Cc1nc(NC(=O)NC(C)(C)CO)sc1-c1ccnc(C(C)(C)C)n1.Cc1nc(NC(=O)NCCc2ccccn2)sc1-c1ccnc(C(C)(C)C)n1. The lowest BCUT2D eigenvalue weighted by Crippen LogP contribution is -2.48. The first-order chi connectivity index (χ1) is 24.8. The number of carbonyl (C=O) groups is 2. The largest absolute Gasteiger partial charge is 0.394 e. The van der Waals surface area contributed by atoms with Crippen molar-refractivity contribution >= 4 is 45.0 Å². The molecule has 0 unspecified atom stereocenters. The number of urea groups is 2. The second kappa shape index (κ2) is 17.3. The first-order valence-corrected chi connectivity index (χ1v) is 18.8. The van der Waals surface area contributed by atoms with Crippen molar-refractivity contribution in [2.45, 2.75) is 92.0 Å². The third-order valence-corrected chi connectivity index (χ3v) is 9.58. The fourth-order valence-electron chi connectivity index (χ4n) is 4.53. The Balaban J connectivity index is 0.000000238. The number of aromatic nitrogens is 7. The fourth-order valence-corrected chi connectivity index (χ4v) is 6.40. The molecule has 16 heteroatoms. The van der Waals surface area contributed by atoms with Gasteiger partial charge in [-0.05, 0) is 52.0 Å². The quantitative estimate of drug-likeness (QED) is 0.104. The molecule has 5 rings (SSSR count). The average molecular weight is 760 g/mol. The van der Waals surface area contributed by atoms with E-state index < -0.39 is 11.6 Å². The molecule has 0 aliphatic rings. The summed E-state index contributed by atoms with van der Waals surface area (Å²) in [7, 11) is 0. The van der Waals surface area contributed by atoms with Gasteiger partial charge in [0.05, 0.1) is 44.7 Å². The van der Waals surface area contributed by atoms with Gasteiger partial charge < -0.3 is 15.7 Å². The summed E-state index contributed by atoms with van der Waals surface area (Å²) in [6.07, 6.45) is 5.92. The molecule has 0 atom stereocenters. The zero-order valence-corrected chi connectivity index (χ0v) is 33.6. The van der Waals surface area contributed by atoms with E-state index in [2.05, 4.69) is 97.7 Å². The summed E-state index contributed by atoms with van der Waals surface area (Å²) in [6.45, 7) is 20.0. The normalized spacial score (nSPS) is 11.7. The summed E-state index contributed by atoms with van der Waals surface area (Å²) in [5.41, 5.74) is 3.18. The van der Waals surface area contributed by atoms with E-state index in [0.29, 0.717) is 23.2 Å². The third kappa shape index (κ3) is 12.1. The summed E-state index contributed by atoms with van der Waals surface area (Å²) < 4.78 is 0. The van der Waals surface area contributed by atoms with Gasteiger partial charge in [0, 0.05) is 48.1 Å². The number of nitrogens with zero attached hydrogens (tertiary/aromatic N) is 7. The average Bonchev–Trinajstić information content (AvgIpc) is 3.65. The highest BCUT2D eigenvalue weighted by atomic mass is 32.1. The summed E-state index contributed by atoms with van der Waals surface area (Å²) in [5.74, 6) is 1.54. The van der Waals surface area contributed by atoms with Gasteiger partial charge in [-0.25, -0.2) is 39.5 Å². The molecule has 5 aromatic rings. The highest BCUT2D eigenvalue weighted by molar-refractivity contribution is 7.19. The van der Waals surface area contributed by atoms with Gasteiger partial charge in [-0.3, -0.25) is 15.6 Å². The van der Waals surface area contributed by atoms with Crippen LogP contribution in [0.25, 0.3) is 21.1 Å². The number of hydrogen-bond acceptors (Lipinski definition) is 12. The van der Waals surface area contributed by atoms with Gasteiger partial charge in [-0.2, -0.15) is 0 Å². The van der Waals surface area contributed by atoms with Crippen molar-refractivity contribution < 1.29 is 14.7 Å². The summed E-state index contributed by atoms with van der Waals surface area (Å²) in [4.78, 5) is 57.1. The molecule has 0 aliphatic heterocycles. The van der Waals surface area contributed by atoms with Crippen LogP contribution in [-0.4, -0.2) is 70.7 Å². The molecule has 5 heterocycles. The van der Waals surface area contributed by atoms with Crippen molar-refractivity contribution in [2.75, 3.05) is 23.8 Å². The highest BCUT2D eigenvalue weighted by Crippen LogP contribution is 2.33. The third-order valence-electron chi connectivity index (χ3n) is 7.39. The van der Waals surface area contributed by atoms with E-state index in [1.54, 1.807) is 32.4 Å². The van der Waals surface area contributed by atoms with Crippen LogP contribution in [0.1, 0.15) is 84.1 Å². The number of aryl methyl sites for hydroxylation is 2. The Morgan fingerprint density at radius 3 is 1.64 bits per heavy atom. The fraction of sp³-hybridized carbons (Fsp3) is 0.432. The lowest BCUT2D eigenvalue weighted by Gasteiger charge is -2.23. The molecule has 14 nitrogen and oxygen atoms in total. The molecule has 0 saturated heterocycles. The van der Waals surface area contributed by atoms with Crippen molar-refractivity contribution in [1.82, 2.24) is 45.5 Å². The van der Waals surface area contributed by atoms with E-state index >= 15 is 0 Å². The van der Waals surface area contributed by atoms with E-state index in [1.165, 1.54) is 22.7 Å². The van der Waals surface area contributed by atoms with Gasteiger partial charge in [-0.1, -0.05) is 70.3 Å². The minimum Gasteiger partial charge on any atom is -0.394 e. The summed E-state index contributed by atoms with van der Waals surface area (Å²) in [6, 6.07) is 8.76. The van der Waals surface area contributed by atoms with Gasteiger partial charge in [0.2, 0.25) is 0 Å². The van der Waals surface area contributed by atoms with Crippen molar-refractivity contribution in [3.05, 3.63) is 77.7 Å². The number of anilines is 2. The number of carbonyl (C=O) groups excluding carboxylic acids is 2. The van der Waals surface area contributed by atoms with Crippen LogP contribution in [0.2, 0.25) is 0 Å². The van der Waals surface area contributed by atoms with Crippen LogP contribution < -0.4 is 21.3 Å². The zero-order valence-electron chi connectivity index (χ0n) is 32.0. The van der Waals surface area contributed by atoms with Gasteiger partial charge in [0.1, 0.15) is 11.6 Å². The van der Waals surface area contributed by atoms with Crippen molar-refractivity contribution in [3.8, 4) is 21.1 Å². The second-order valence-corrected chi connectivity index (χ2v) is 17.0. The summed E-state index contributed by atoms with van der Waals surface area (Å²) in [5, 5.41) is 21.3. The Bertz CT molecular complexity index is 2000. The van der Waals surface area contributed by atoms with Crippen LogP contribution in [0.4, 0.5) is 19.9 Å². The Morgan fingerprint density at radius 1 is 0.679 bits per heavy atom. The monoisotopic (exact) mass is 759 g/mol. The van der Waals surface area contributed by atoms with Crippen LogP contribution in [0.15, 0.2) is 48.9 Å². The molecule has 0 spiro atoms. The predicted molar refractivity (Wildman–Crippen MR) is 211 cm³/mol. The first kappa shape index (κ1) is 40.8. The van der Waals surface area contributed by atoms with Crippen LogP contribution in [-0.2, 0) is 17.3 Å². The Hall–Kier alpha value is -4.93. The lowest BCUT2D eigenvalue weighted by molar-refractivity contribution is 0.187. The topological polar surface area (TPSA) is 193 Å².